The van der Waals surface area contributed by atoms with Crippen molar-refractivity contribution in [3.05, 3.63) is 30.4 Å². The molecule has 14 heavy (non-hydrogen) atoms. The molecule has 1 aliphatic heterocycles. The molecule has 5 nitrogen and oxygen atoms in total. The molecule has 0 aromatic carbocycles. The number of aromatic amines is 1. The Morgan fingerprint density at radius 3 is 3.43 bits per heavy atom. The Kier molecular flexibility index (Phi) is 1.73. The summed E-state index contributed by atoms with van der Waals surface area (Å²) in [5, 5.41) is 8.74. The molecule has 2 aromatic heterocycles. The van der Waals surface area contributed by atoms with Gasteiger partial charge in [-0.25, -0.2) is 4.68 Å². The van der Waals surface area contributed by atoms with Crippen LogP contribution in [0.3, 0.4) is 0 Å². The number of nitrogens with zero attached hydrogens (tertiary/aromatic N) is 3. The van der Waals surface area contributed by atoms with Gasteiger partial charge in [0.15, 0.2) is 0 Å². The molecule has 3 rings (SSSR count). The van der Waals surface area contributed by atoms with Crippen molar-refractivity contribution in [3.8, 4) is 0 Å². The average Bonchev–Trinajstić information content (AvgIpc) is 2.88. The van der Waals surface area contributed by atoms with E-state index in [1.165, 1.54) is 5.69 Å². The van der Waals surface area contributed by atoms with Crippen LogP contribution >= 0.6 is 11.8 Å². The van der Waals surface area contributed by atoms with Crippen molar-refractivity contribution < 1.29 is 0 Å². The fourth-order valence-electron chi connectivity index (χ4n) is 1.49. The molecule has 0 saturated carbocycles. The van der Waals surface area contributed by atoms with Gasteiger partial charge in [-0.05, 0) is 12.1 Å². The fourth-order valence-corrected chi connectivity index (χ4v) is 2.41. The summed E-state index contributed by atoms with van der Waals surface area (Å²) in [6.45, 7) is 0. The van der Waals surface area contributed by atoms with Crippen molar-refractivity contribution in [2.24, 2.45) is 0 Å². The maximum Gasteiger partial charge on any atom is 0.209 e. The van der Waals surface area contributed by atoms with Crippen LogP contribution in [0.1, 0.15) is 11.7 Å². The first kappa shape index (κ1) is 7.93. The van der Waals surface area contributed by atoms with Crippen LogP contribution in [0.15, 0.2) is 29.8 Å². The Balaban J connectivity index is 1.88. The number of thioether (sulfide) groups is 1. The maximum atomic E-state index is 3.98. The molecule has 0 radical (unpaired) electrons. The predicted octanol–water partition coefficient (Wildman–Crippen LogP) is 0.997. The van der Waals surface area contributed by atoms with E-state index in [-0.39, 0.29) is 0 Å². The normalized spacial score (nSPS) is 20.1. The molecule has 0 bridgehead atoms. The van der Waals surface area contributed by atoms with Crippen molar-refractivity contribution in [1.82, 2.24) is 19.9 Å². The van der Waals surface area contributed by atoms with Crippen LogP contribution in [0.25, 0.3) is 0 Å². The van der Waals surface area contributed by atoms with Gasteiger partial charge in [-0.1, -0.05) is 11.8 Å². The molecule has 0 aliphatic carbocycles. The Morgan fingerprint density at radius 2 is 2.57 bits per heavy atom. The quantitative estimate of drug-likeness (QED) is 0.732. The number of H-pyrrole nitrogens is 1. The van der Waals surface area contributed by atoms with Gasteiger partial charge < -0.3 is 10.4 Å². The van der Waals surface area contributed by atoms with Gasteiger partial charge in [0, 0.05) is 17.6 Å². The highest BCUT2D eigenvalue weighted by Crippen LogP contribution is 2.27. The van der Waals surface area contributed by atoms with Crippen molar-refractivity contribution in [3.63, 3.8) is 0 Å². The standard InChI is InChI=1S/C8H9N5S/c1-2-6(9-3-1)7-4-14-8-11-10-5-13(8)12-7/h1-3,5,7,9,12H,4H2. The molecular weight excluding hydrogens is 198 g/mol. The molecule has 2 N–H and O–H groups in total. The average molecular weight is 207 g/mol. The van der Waals surface area contributed by atoms with Crippen LogP contribution in [-0.2, 0) is 0 Å². The summed E-state index contributed by atoms with van der Waals surface area (Å²) in [5.74, 6) is 0.971. The second kappa shape index (κ2) is 3.06. The van der Waals surface area contributed by atoms with Crippen molar-refractivity contribution in [1.29, 1.82) is 0 Å². The number of fused-ring (bicyclic) bond motifs is 1. The summed E-state index contributed by atoms with van der Waals surface area (Å²) >= 11 is 1.71. The first-order valence-corrected chi connectivity index (χ1v) is 5.35. The van der Waals surface area contributed by atoms with Crippen LogP contribution in [0.2, 0.25) is 0 Å². The van der Waals surface area contributed by atoms with Gasteiger partial charge in [-0.15, -0.1) is 10.2 Å². The highest BCUT2D eigenvalue weighted by molar-refractivity contribution is 7.99. The lowest BCUT2D eigenvalue weighted by atomic mass is 10.2. The third-order valence-corrected chi connectivity index (χ3v) is 3.22. The zero-order valence-electron chi connectivity index (χ0n) is 7.34. The molecule has 0 spiro atoms. The van der Waals surface area contributed by atoms with Crippen LogP contribution in [0.4, 0.5) is 0 Å². The number of hydrogen-bond acceptors (Lipinski definition) is 4. The van der Waals surface area contributed by atoms with Crippen LogP contribution in [0, 0.1) is 0 Å². The number of rotatable bonds is 1. The van der Waals surface area contributed by atoms with E-state index in [1.807, 2.05) is 16.9 Å². The van der Waals surface area contributed by atoms with Crippen LogP contribution in [0.5, 0.6) is 0 Å². The molecule has 1 aliphatic rings. The van der Waals surface area contributed by atoms with E-state index >= 15 is 0 Å². The summed E-state index contributed by atoms with van der Waals surface area (Å²) in [4.78, 5) is 3.20. The Hall–Kier alpha value is -1.43. The van der Waals surface area contributed by atoms with Crippen LogP contribution in [-0.4, -0.2) is 25.6 Å². The van der Waals surface area contributed by atoms with E-state index in [2.05, 4.69) is 26.7 Å². The third-order valence-electron chi connectivity index (χ3n) is 2.19. The highest BCUT2D eigenvalue weighted by atomic mass is 32.2. The largest absolute Gasteiger partial charge is 0.363 e. The lowest BCUT2D eigenvalue weighted by Crippen LogP contribution is -2.27. The summed E-state index contributed by atoms with van der Waals surface area (Å²) in [7, 11) is 0. The van der Waals surface area contributed by atoms with Crippen molar-refractivity contribution >= 4 is 11.8 Å². The molecule has 6 heteroatoms. The van der Waals surface area contributed by atoms with Gasteiger partial charge in [0.1, 0.15) is 6.33 Å². The van der Waals surface area contributed by atoms with Gasteiger partial charge in [0.25, 0.3) is 0 Å². The molecule has 3 heterocycles. The minimum Gasteiger partial charge on any atom is -0.363 e. The molecule has 72 valence electrons. The second-order valence-corrected chi connectivity index (χ2v) is 4.09. The number of nitrogens with one attached hydrogen (secondary N) is 2. The van der Waals surface area contributed by atoms with Gasteiger partial charge in [0.05, 0.1) is 6.04 Å². The van der Waals surface area contributed by atoms with Crippen LogP contribution < -0.4 is 5.43 Å². The second-order valence-electron chi connectivity index (χ2n) is 3.10. The van der Waals surface area contributed by atoms with E-state index in [0.717, 1.165) is 10.9 Å². The van der Waals surface area contributed by atoms with E-state index in [9.17, 15) is 0 Å². The minimum absolute atomic E-state index is 0.304. The van der Waals surface area contributed by atoms with E-state index in [0.29, 0.717) is 6.04 Å². The van der Waals surface area contributed by atoms with Gasteiger partial charge >= 0.3 is 0 Å². The van der Waals surface area contributed by atoms with E-state index in [1.54, 1.807) is 18.1 Å². The minimum atomic E-state index is 0.304. The molecule has 0 fully saturated rings. The first-order valence-electron chi connectivity index (χ1n) is 4.36. The van der Waals surface area contributed by atoms with Crippen molar-refractivity contribution in [2.45, 2.75) is 11.2 Å². The molecule has 0 amide bonds. The van der Waals surface area contributed by atoms with E-state index in [4.69, 9.17) is 0 Å². The maximum absolute atomic E-state index is 3.98. The molecule has 1 atom stereocenters. The zero-order chi connectivity index (χ0) is 9.38. The Morgan fingerprint density at radius 1 is 1.57 bits per heavy atom. The van der Waals surface area contributed by atoms with Gasteiger partial charge in [-0.3, -0.25) is 0 Å². The van der Waals surface area contributed by atoms with Crippen molar-refractivity contribution in [2.75, 3.05) is 11.2 Å². The SMILES string of the molecule is c1c[nH]c(C2CSc3nncn3N2)c1. The monoisotopic (exact) mass is 207 g/mol. The summed E-state index contributed by atoms with van der Waals surface area (Å²) in [6.07, 6.45) is 3.63. The summed E-state index contributed by atoms with van der Waals surface area (Å²) < 4.78 is 1.86. The number of hydrogen-bond donors (Lipinski definition) is 2. The molecule has 2 aromatic rings. The molecule has 1 unspecified atom stereocenters. The Labute approximate surface area is 84.9 Å². The Bertz CT molecular complexity index is 421. The predicted molar refractivity (Wildman–Crippen MR) is 53.6 cm³/mol. The van der Waals surface area contributed by atoms with Gasteiger partial charge in [0.2, 0.25) is 5.16 Å². The summed E-state index contributed by atoms with van der Waals surface area (Å²) in [5.41, 5.74) is 4.51. The topological polar surface area (TPSA) is 58.5 Å². The van der Waals surface area contributed by atoms with Gasteiger partial charge in [-0.2, -0.15) is 0 Å². The molecular formula is C8H9N5S. The summed E-state index contributed by atoms with van der Waals surface area (Å²) in [6, 6.07) is 4.38. The van der Waals surface area contributed by atoms with E-state index < -0.39 is 0 Å². The fraction of sp³-hybridized carbons (Fsp3) is 0.250. The lowest BCUT2D eigenvalue weighted by molar-refractivity contribution is 0.649. The lowest BCUT2D eigenvalue weighted by Gasteiger charge is -2.23. The smallest absolute Gasteiger partial charge is 0.209 e. The zero-order valence-corrected chi connectivity index (χ0v) is 8.16. The highest BCUT2D eigenvalue weighted by Gasteiger charge is 2.20. The third kappa shape index (κ3) is 1.19. The first-order chi connectivity index (χ1) is 6.93. The molecule has 0 saturated heterocycles. The number of aromatic nitrogens is 4.